The molecule has 0 aromatic heterocycles. The molecule has 0 bridgehead atoms. The van der Waals surface area contributed by atoms with E-state index in [0.717, 1.165) is 24.9 Å². The first-order chi connectivity index (χ1) is 8.19. The van der Waals surface area contributed by atoms with Crippen LogP contribution in [0.2, 0.25) is 0 Å². The highest BCUT2D eigenvalue weighted by molar-refractivity contribution is 4.85. The largest absolute Gasteiger partial charge is 0.298 e. The quantitative estimate of drug-likeness (QED) is 0.733. The third-order valence-corrected chi connectivity index (χ3v) is 4.11. The van der Waals surface area contributed by atoms with E-state index in [1.54, 1.807) is 0 Å². The fourth-order valence-corrected chi connectivity index (χ4v) is 2.71. The fraction of sp³-hybridized carbons (Fsp3) is 0.857. The van der Waals surface area contributed by atoms with Crippen molar-refractivity contribution in [2.75, 3.05) is 13.1 Å². The SMILES string of the molecule is CC1CCC(N(CCC#N)CCC#N)CC1C. The predicted molar refractivity (Wildman–Crippen MR) is 68.0 cm³/mol. The van der Waals surface area contributed by atoms with Gasteiger partial charge in [-0.25, -0.2) is 0 Å². The lowest BCUT2D eigenvalue weighted by atomic mass is 9.78. The highest BCUT2D eigenvalue weighted by atomic mass is 15.1. The van der Waals surface area contributed by atoms with Crippen molar-refractivity contribution in [2.45, 2.75) is 52.0 Å². The van der Waals surface area contributed by atoms with Crippen LogP contribution in [0.25, 0.3) is 0 Å². The van der Waals surface area contributed by atoms with E-state index in [4.69, 9.17) is 10.5 Å². The van der Waals surface area contributed by atoms with Crippen molar-refractivity contribution in [1.29, 1.82) is 10.5 Å². The van der Waals surface area contributed by atoms with Crippen molar-refractivity contribution in [3.05, 3.63) is 0 Å². The van der Waals surface area contributed by atoms with Crippen LogP contribution >= 0.6 is 0 Å². The van der Waals surface area contributed by atoms with E-state index in [1.807, 2.05) is 0 Å². The minimum atomic E-state index is 0.575. The van der Waals surface area contributed by atoms with Gasteiger partial charge in [-0.3, -0.25) is 4.90 Å². The van der Waals surface area contributed by atoms with Gasteiger partial charge < -0.3 is 0 Å². The molecular weight excluding hydrogens is 210 g/mol. The highest BCUT2D eigenvalue weighted by Crippen LogP contribution is 2.32. The van der Waals surface area contributed by atoms with Crippen molar-refractivity contribution < 1.29 is 0 Å². The molecule has 3 unspecified atom stereocenters. The van der Waals surface area contributed by atoms with E-state index in [2.05, 4.69) is 30.9 Å². The van der Waals surface area contributed by atoms with Crippen LogP contribution in [0.5, 0.6) is 0 Å². The average molecular weight is 233 g/mol. The van der Waals surface area contributed by atoms with E-state index >= 15 is 0 Å². The second-order valence-corrected chi connectivity index (χ2v) is 5.27. The maximum atomic E-state index is 8.69. The fourth-order valence-electron chi connectivity index (χ4n) is 2.71. The molecule has 1 aliphatic carbocycles. The van der Waals surface area contributed by atoms with E-state index < -0.39 is 0 Å². The molecule has 0 amide bonds. The first-order valence-electron chi connectivity index (χ1n) is 6.67. The Hall–Kier alpha value is -1.06. The lowest BCUT2D eigenvalue weighted by molar-refractivity contribution is 0.112. The first kappa shape index (κ1) is 14.0. The zero-order valence-electron chi connectivity index (χ0n) is 11.0. The Morgan fingerprint density at radius 1 is 1.00 bits per heavy atom. The van der Waals surface area contributed by atoms with Crippen molar-refractivity contribution >= 4 is 0 Å². The molecule has 1 fully saturated rings. The summed E-state index contributed by atoms with van der Waals surface area (Å²) in [6.07, 6.45) is 4.87. The van der Waals surface area contributed by atoms with Crippen LogP contribution in [0.1, 0.15) is 46.0 Å². The van der Waals surface area contributed by atoms with Crippen molar-refractivity contribution in [2.24, 2.45) is 11.8 Å². The Bertz CT molecular complexity index is 282. The lowest BCUT2D eigenvalue weighted by Crippen LogP contribution is -2.41. The van der Waals surface area contributed by atoms with Gasteiger partial charge in [0.05, 0.1) is 12.1 Å². The summed E-state index contributed by atoms with van der Waals surface area (Å²) in [5.41, 5.74) is 0. The van der Waals surface area contributed by atoms with E-state index in [-0.39, 0.29) is 0 Å². The Kier molecular flexibility index (Phi) is 6.01. The summed E-state index contributed by atoms with van der Waals surface area (Å²) in [6.45, 7) is 6.30. The van der Waals surface area contributed by atoms with E-state index in [0.29, 0.717) is 18.9 Å². The number of nitrogens with zero attached hydrogens (tertiary/aromatic N) is 3. The third kappa shape index (κ3) is 4.36. The molecule has 0 spiro atoms. The molecule has 3 nitrogen and oxygen atoms in total. The molecule has 0 aliphatic heterocycles. The van der Waals surface area contributed by atoms with Gasteiger partial charge in [0.25, 0.3) is 0 Å². The van der Waals surface area contributed by atoms with Gasteiger partial charge in [0.2, 0.25) is 0 Å². The van der Waals surface area contributed by atoms with Gasteiger partial charge >= 0.3 is 0 Å². The van der Waals surface area contributed by atoms with Crippen LogP contribution in [0, 0.1) is 34.5 Å². The number of rotatable bonds is 5. The van der Waals surface area contributed by atoms with Crippen LogP contribution in [-0.4, -0.2) is 24.0 Å². The summed E-state index contributed by atoms with van der Waals surface area (Å²) in [4.78, 5) is 2.36. The molecule has 0 saturated heterocycles. The van der Waals surface area contributed by atoms with Gasteiger partial charge in [0.15, 0.2) is 0 Å². The topological polar surface area (TPSA) is 50.8 Å². The van der Waals surface area contributed by atoms with Gasteiger partial charge in [-0.1, -0.05) is 13.8 Å². The number of hydrogen-bond acceptors (Lipinski definition) is 3. The second kappa shape index (κ2) is 7.30. The zero-order valence-corrected chi connectivity index (χ0v) is 11.0. The summed E-state index contributed by atoms with van der Waals surface area (Å²) >= 11 is 0. The average Bonchev–Trinajstić information content (AvgIpc) is 2.33. The summed E-state index contributed by atoms with van der Waals surface area (Å²) < 4.78 is 0. The minimum Gasteiger partial charge on any atom is -0.298 e. The van der Waals surface area contributed by atoms with Gasteiger partial charge in [-0.15, -0.1) is 0 Å². The van der Waals surface area contributed by atoms with Crippen LogP contribution < -0.4 is 0 Å². The molecular formula is C14H23N3. The van der Waals surface area contributed by atoms with Crippen LogP contribution in [0.15, 0.2) is 0 Å². The molecule has 0 aromatic carbocycles. The molecule has 0 radical (unpaired) electrons. The molecule has 1 rings (SSSR count). The predicted octanol–water partition coefficient (Wildman–Crippen LogP) is 2.94. The van der Waals surface area contributed by atoms with Crippen LogP contribution in [0.4, 0.5) is 0 Å². The monoisotopic (exact) mass is 233 g/mol. The second-order valence-electron chi connectivity index (χ2n) is 5.27. The Labute approximate surface area is 105 Å². The zero-order chi connectivity index (χ0) is 12.7. The third-order valence-electron chi connectivity index (χ3n) is 4.11. The molecule has 1 saturated carbocycles. The Morgan fingerprint density at radius 2 is 1.59 bits per heavy atom. The maximum Gasteiger partial charge on any atom is 0.0635 e. The first-order valence-corrected chi connectivity index (χ1v) is 6.67. The van der Waals surface area contributed by atoms with Crippen molar-refractivity contribution in [3.8, 4) is 12.1 Å². The smallest absolute Gasteiger partial charge is 0.0635 e. The molecule has 3 heteroatoms. The highest BCUT2D eigenvalue weighted by Gasteiger charge is 2.28. The summed E-state index contributed by atoms with van der Waals surface area (Å²) in [7, 11) is 0. The Balaban J connectivity index is 2.51. The molecule has 1 aliphatic rings. The summed E-state index contributed by atoms with van der Waals surface area (Å²) in [5.74, 6) is 1.58. The van der Waals surface area contributed by atoms with Crippen molar-refractivity contribution in [1.82, 2.24) is 4.90 Å². The minimum absolute atomic E-state index is 0.575. The molecule has 0 N–H and O–H groups in total. The number of nitriles is 2. The summed E-state index contributed by atoms with van der Waals surface area (Å²) in [5, 5.41) is 17.4. The number of hydrogen-bond donors (Lipinski definition) is 0. The van der Waals surface area contributed by atoms with Gasteiger partial charge in [0, 0.05) is 32.0 Å². The van der Waals surface area contributed by atoms with Gasteiger partial charge in [-0.05, 0) is 31.1 Å². The molecule has 3 atom stereocenters. The van der Waals surface area contributed by atoms with Gasteiger partial charge in [0.1, 0.15) is 0 Å². The molecule has 0 aromatic rings. The van der Waals surface area contributed by atoms with E-state index in [1.165, 1.54) is 19.3 Å². The normalized spacial score (nSPS) is 28.6. The van der Waals surface area contributed by atoms with Crippen LogP contribution in [-0.2, 0) is 0 Å². The standard InChI is InChI=1S/C14H23N3/c1-12-5-6-14(11-13(12)2)17(9-3-7-15)10-4-8-16/h12-14H,3-6,9-11H2,1-2H3. The van der Waals surface area contributed by atoms with Crippen molar-refractivity contribution in [3.63, 3.8) is 0 Å². The lowest BCUT2D eigenvalue weighted by Gasteiger charge is -2.38. The van der Waals surface area contributed by atoms with E-state index in [9.17, 15) is 0 Å². The molecule has 17 heavy (non-hydrogen) atoms. The van der Waals surface area contributed by atoms with Crippen LogP contribution in [0.3, 0.4) is 0 Å². The van der Waals surface area contributed by atoms with Gasteiger partial charge in [-0.2, -0.15) is 10.5 Å². The Morgan fingerprint density at radius 3 is 2.06 bits per heavy atom. The molecule has 94 valence electrons. The summed E-state index contributed by atoms with van der Waals surface area (Å²) in [6, 6.07) is 5.00. The molecule has 0 heterocycles. The maximum absolute atomic E-state index is 8.69.